The van der Waals surface area contributed by atoms with Crippen molar-refractivity contribution in [3.8, 4) is 0 Å². The van der Waals surface area contributed by atoms with Crippen LogP contribution < -0.4 is 11.1 Å². The number of thiocarbonyl (C=S) groups is 1. The SMILES string of the molecule is NC(=S)c1ccc(Cl)cc1NC(=O)c1cn[nH]n1. The van der Waals surface area contributed by atoms with E-state index < -0.39 is 5.91 Å². The highest BCUT2D eigenvalue weighted by Crippen LogP contribution is 2.21. The Morgan fingerprint density at radius 2 is 2.28 bits per heavy atom. The molecule has 6 nitrogen and oxygen atoms in total. The van der Waals surface area contributed by atoms with Crippen LogP contribution in [-0.2, 0) is 0 Å². The van der Waals surface area contributed by atoms with E-state index in [-0.39, 0.29) is 10.7 Å². The number of anilines is 1. The summed E-state index contributed by atoms with van der Waals surface area (Å²) in [4.78, 5) is 12.0. The highest BCUT2D eigenvalue weighted by atomic mass is 35.5. The molecule has 0 aliphatic rings. The van der Waals surface area contributed by atoms with Crippen molar-refractivity contribution in [2.24, 2.45) is 5.73 Å². The zero-order valence-corrected chi connectivity index (χ0v) is 10.5. The molecule has 1 amide bonds. The molecular formula is C10H8ClN5OS. The van der Waals surface area contributed by atoms with Gasteiger partial charge in [0.05, 0.1) is 11.9 Å². The molecule has 0 saturated carbocycles. The first-order chi connectivity index (χ1) is 8.58. The smallest absolute Gasteiger partial charge is 0.277 e. The number of rotatable bonds is 3. The molecule has 2 aromatic rings. The average molecular weight is 282 g/mol. The molecule has 2 rings (SSSR count). The number of halogens is 1. The van der Waals surface area contributed by atoms with Gasteiger partial charge in [-0.2, -0.15) is 15.4 Å². The van der Waals surface area contributed by atoms with Gasteiger partial charge in [-0.25, -0.2) is 0 Å². The van der Waals surface area contributed by atoms with Crippen LogP contribution in [0.5, 0.6) is 0 Å². The van der Waals surface area contributed by atoms with Gasteiger partial charge in [-0.05, 0) is 18.2 Å². The molecule has 92 valence electrons. The minimum absolute atomic E-state index is 0.156. The van der Waals surface area contributed by atoms with Crippen LogP contribution in [0.2, 0.25) is 5.02 Å². The van der Waals surface area contributed by atoms with E-state index in [1.807, 2.05) is 0 Å². The van der Waals surface area contributed by atoms with E-state index in [1.54, 1.807) is 18.2 Å². The predicted octanol–water partition coefficient (Wildman–Crippen LogP) is 1.34. The Morgan fingerprint density at radius 1 is 1.50 bits per heavy atom. The van der Waals surface area contributed by atoms with Gasteiger partial charge in [-0.3, -0.25) is 4.79 Å². The van der Waals surface area contributed by atoms with E-state index in [9.17, 15) is 4.79 Å². The molecule has 8 heteroatoms. The number of hydrogen-bond donors (Lipinski definition) is 3. The van der Waals surface area contributed by atoms with E-state index in [2.05, 4.69) is 20.7 Å². The van der Waals surface area contributed by atoms with Crippen molar-refractivity contribution in [1.29, 1.82) is 0 Å². The van der Waals surface area contributed by atoms with Crippen LogP contribution in [0.4, 0.5) is 5.69 Å². The summed E-state index contributed by atoms with van der Waals surface area (Å²) in [6, 6.07) is 4.85. The van der Waals surface area contributed by atoms with Gasteiger partial charge in [0.25, 0.3) is 5.91 Å². The monoisotopic (exact) mass is 281 g/mol. The number of nitrogens with one attached hydrogen (secondary N) is 2. The van der Waals surface area contributed by atoms with Crippen LogP contribution in [0.1, 0.15) is 16.1 Å². The summed E-state index contributed by atoms with van der Waals surface area (Å²) >= 11 is 10.8. The second kappa shape index (κ2) is 5.11. The summed E-state index contributed by atoms with van der Waals surface area (Å²) in [5.74, 6) is -0.427. The Bertz CT molecular complexity index is 598. The van der Waals surface area contributed by atoms with Crippen LogP contribution in [0.25, 0.3) is 0 Å². The van der Waals surface area contributed by atoms with Gasteiger partial charge < -0.3 is 11.1 Å². The number of benzene rings is 1. The Labute approximate surface area is 113 Å². The summed E-state index contributed by atoms with van der Waals surface area (Å²) in [5, 5.41) is 12.6. The molecule has 0 aliphatic carbocycles. The number of nitrogens with zero attached hydrogens (tertiary/aromatic N) is 2. The Balaban J connectivity index is 2.31. The Morgan fingerprint density at radius 3 is 2.89 bits per heavy atom. The average Bonchev–Trinajstić information content (AvgIpc) is 2.81. The molecule has 4 N–H and O–H groups in total. The fourth-order valence-electron chi connectivity index (χ4n) is 1.33. The molecular weight excluding hydrogens is 274 g/mol. The van der Waals surface area contributed by atoms with Gasteiger partial charge in [-0.15, -0.1) is 0 Å². The quantitative estimate of drug-likeness (QED) is 0.738. The first-order valence-corrected chi connectivity index (χ1v) is 5.63. The van der Waals surface area contributed by atoms with E-state index in [4.69, 9.17) is 29.6 Å². The summed E-state index contributed by atoms with van der Waals surface area (Å²) in [6.07, 6.45) is 1.31. The molecule has 0 spiro atoms. The van der Waals surface area contributed by atoms with Crippen LogP contribution in [0.3, 0.4) is 0 Å². The third-order valence-corrected chi connectivity index (χ3v) is 2.60. The zero-order chi connectivity index (χ0) is 13.1. The molecule has 0 bridgehead atoms. The van der Waals surface area contributed by atoms with Gasteiger partial charge in [0, 0.05) is 10.6 Å². The van der Waals surface area contributed by atoms with Gasteiger partial charge in [0.2, 0.25) is 0 Å². The van der Waals surface area contributed by atoms with Crippen LogP contribution >= 0.6 is 23.8 Å². The van der Waals surface area contributed by atoms with Crippen molar-refractivity contribution < 1.29 is 4.79 Å². The Kier molecular flexibility index (Phi) is 3.54. The van der Waals surface area contributed by atoms with Gasteiger partial charge >= 0.3 is 0 Å². The topological polar surface area (TPSA) is 96.7 Å². The number of amides is 1. The number of carbonyl (C=O) groups excluding carboxylic acids is 1. The minimum Gasteiger partial charge on any atom is -0.389 e. The van der Waals surface area contributed by atoms with E-state index in [0.29, 0.717) is 16.3 Å². The highest BCUT2D eigenvalue weighted by Gasteiger charge is 2.13. The molecule has 0 radical (unpaired) electrons. The third kappa shape index (κ3) is 2.63. The molecule has 0 saturated heterocycles. The summed E-state index contributed by atoms with van der Waals surface area (Å²) in [6.45, 7) is 0. The lowest BCUT2D eigenvalue weighted by Crippen LogP contribution is -2.18. The molecule has 1 aromatic heterocycles. The van der Waals surface area contributed by atoms with Crippen molar-refractivity contribution in [1.82, 2.24) is 15.4 Å². The maximum Gasteiger partial charge on any atom is 0.277 e. The lowest BCUT2D eigenvalue weighted by atomic mass is 10.1. The fraction of sp³-hybridized carbons (Fsp3) is 0. The standard InChI is InChI=1S/C10H8ClN5OS/c11-5-1-2-6(9(12)18)7(3-5)14-10(17)8-4-13-16-15-8/h1-4H,(H2,12,18)(H,14,17)(H,13,15,16). The van der Waals surface area contributed by atoms with E-state index in [1.165, 1.54) is 6.20 Å². The lowest BCUT2D eigenvalue weighted by Gasteiger charge is -2.09. The summed E-state index contributed by atoms with van der Waals surface area (Å²) in [7, 11) is 0. The summed E-state index contributed by atoms with van der Waals surface area (Å²) in [5.41, 5.74) is 6.69. The fourth-order valence-corrected chi connectivity index (χ4v) is 1.68. The van der Waals surface area contributed by atoms with Crippen molar-refractivity contribution in [3.63, 3.8) is 0 Å². The van der Waals surface area contributed by atoms with E-state index in [0.717, 1.165) is 0 Å². The molecule has 0 atom stereocenters. The number of nitrogens with two attached hydrogens (primary N) is 1. The van der Waals surface area contributed by atoms with Crippen LogP contribution in [0, 0.1) is 0 Å². The van der Waals surface area contributed by atoms with Gasteiger partial charge in [0.1, 0.15) is 4.99 Å². The zero-order valence-electron chi connectivity index (χ0n) is 8.98. The maximum absolute atomic E-state index is 11.8. The second-order valence-electron chi connectivity index (χ2n) is 3.36. The van der Waals surface area contributed by atoms with Crippen molar-refractivity contribution in [2.75, 3.05) is 5.32 Å². The predicted molar refractivity (Wildman–Crippen MR) is 71.7 cm³/mol. The molecule has 1 heterocycles. The number of aromatic amines is 1. The van der Waals surface area contributed by atoms with Crippen molar-refractivity contribution in [3.05, 3.63) is 40.7 Å². The largest absolute Gasteiger partial charge is 0.389 e. The Hall–Kier alpha value is -1.99. The molecule has 0 unspecified atom stereocenters. The number of carbonyl (C=O) groups is 1. The van der Waals surface area contributed by atoms with Gasteiger partial charge in [-0.1, -0.05) is 23.8 Å². The molecule has 0 aliphatic heterocycles. The maximum atomic E-state index is 11.8. The number of H-pyrrole nitrogens is 1. The second-order valence-corrected chi connectivity index (χ2v) is 4.24. The molecule has 18 heavy (non-hydrogen) atoms. The minimum atomic E-state index is -0.427. The molecule has 1 aromatic carbocycles. The molecule has 0 fully saturated rings. The summed E-state index contributed by atoms with van der Waals surface area (Å²) < 4.78 is 0. The first kappa shape index (κ1) is 12.5. The third-order valence-electron chi connectivity index (χ3n) is 2.14. The van der Waals surface area contributed by atoms with Crippen molar-refractivity contribution in [2.45, 2.75) is 0 Å². The van der Waals surface area contributed by atoms with Gasteiger partial charge in [0.15, 0.2) is 5.69 Å². The normalized spacial score (nSPS) is 10.1. The highest BCUT2D eigenvalue weighted by molar-refractivity contribution is 7.80. The number of aromatic nitrogens is 3. The van der Waals surface area contributed by atoms with Crippen LogP contribution in [0.15, 0.2) is 24.4 Å². The van der Waals surface area contributed by atoms with E-state index >= 15 is 0 Å². The first-order valence-electron chi connectivity index (χ1n) is 4.84. The van der Waals surface area contributed by atoms with Crippen molar-refractivity contribution >= 4 is 40.4 Å². The number of hydrogen-bond acceptors (Lipinski definition) is 4. The van der Waals surface area contributed by atoms with Crippen LogP contribution in [-0.4, -0.2) is 26.3 Å². The lowest BCUT2D eigenvalue weighted by molar-refractivity contribution is 0.102.